The number of nitrogens with zero attached hydrogens (tertiary/aromatic N) is 1. The van der Waals surface area contributed by atoms with E-state index >= 15 is 0 Å². The van der Waals surface area contributed by atoms with Crippen LogP contribution in [0.15, 0.2) is 24.5 Å². The summed E-state index contributed by atoms with van der Waals surface area (Å²) in [7, 11) is 0. The number of carbonyl (C=O) groups is 1. The maximum absolute atomic E-state index is 12.2. The van der Waals surface area contributed by atoms with Crippen molar-refractivity contribution in [3.63, 3.8) is 0 Å². The van der Waals surface area contributed by atoms with Crippen LogP contribution in [0.2, 0.25) is 0 Å². The molecule has 2 aliphatic rings. The zero-order valence-electron chi connectivity index (χ0n) is 12.0. The van der Waals surface area contributed by atoms with E-state index in [2.05, 4.69) is 20.6 Å². The third-order valence-corrected chi connectivity index (χ3v) is 5.13. The predicted octanol–water partition coefficient (Wildman–Crippen LogP) is 1.68. The van der Waals surface area contributed by atoms with Crippen LogP contribution in [-0.4, -0.2) is 35.5 Å². The lowest BCUT2D eigenvalue weighted by Gasteiger charge is -2.23. The molecule has 1 unspecified atom stereocenters. The second kappa shape index (κ2) is 4.84. The summed E-state index contributed by atoms with van der Waals surface area (Å²) in [5.74, 6) is 0.650. The predicted molar refractivity (Wildman–Crippen MR) is 81.1 cm³/mol. The van der Waals surface area contributed by atoms with Crippen molar-refractivity contribution in [3.05, 3.63) is 30.2 Å². The van der Waals surface area contributed by atoms with Gasteiger partial charge >= 0.3 is 0 Å². The molecule has 2 aromatic heterocycles. The van der Waals surface area contributed by atoms with Gasteiger partial charge < -0.3 is 15.6 Å². The molecule has 4 rings (SSSR count). The smallest absolute Gasteiger partial charge is 0.267 e. The van der Waals surface area contributed by atoms with Gasteiger partial charge in [0.2, 0.25) is 0 Å². The number of hydrogen-bond acceptors (Lipinski definition) is 3. The Morgan fingerprint density at radius 3 is 3.10 bits per heavy atom. The molecule has 1 spiro atoms. The van der Waals surface area contributed by atoms with Crippen molar-refractivity contribution < 1.29 is 4.79 Å². The number of nitrogens with one attached hydrogen (secondary N) is 3. The van der Waals surface area contributed by atoms with Crippen LogP contribution in [0.5, 0.6) is 0 Å². The summed E-state index contributed by atoms with van der Waals surface area (Å²) in [6.45, 7) is 3.05. The number of aromatic amines is 1. The normalized spacial score (nSPS) is 23.3. The van der Waals surface area contributed by atoms with Gasteiger partial charge in [-0.2, -0.15) is 0 Å². The first-order chi connectivity index (χ1) is 10.3. The lowest BCUT2D eigenvalue weighted by molar-refractivity contribution is 0.0945. The highest BCUT2D eigenvalue weighted by atomic mass is 16.1. The van der Waals surface area contributed by atoms with E-state index in [-0.39, 0.29) is 5.91 Å². The van der Waals surface area contributed by atoms with E-state index in [1.165, 1.54) is 19.3 Å². The maximum Gasteiger partial charge on any atom is 0.267 e. The van der Waals surface area contributed by atoms with E-state index in [1.54, 1.807) is 12.4 Å². The van der Waals surface area contributed by atoms with Crippen LogP contribution in [0.4, 0.5) is 0 Å². The van der Waals surface area contributed by atoms with Gasteiger partial charge in [-0.25, -0.2) is 0 Å². The second-order valence-corrected chi connectivity index (χ2v) is 6.37. The average Bonchev–Trinajstić information content (AvgIpc) is 2.99. The number of piperidine rings is 1. The van der Waals surface area contributed by atoms with Crippen molar-refractivity contribution in [2.75, 3.05) is 19.6 Å². The van der Waals surface area contributed by atoms with Crippen molar-refractivity contribution in [1.82, 2.24) is 20.6 Å². The lowest BCUT2D eigenvalue weighted by atomic mass is 9.92. The van der Waals surface area contributed by atoms with Gasteiger partial charge in [0.15, 0.2) is 0 Å². The molecule has 2 aromatic rings. The van der Waals surface area contributed by atoms with Crippen LogP contribution in [0.1, 0.15) is 29.8 Å². The van der Waals surface area contributed by atoms with Crippen LogP contribution in [0, 0.1) is 11.3 Å². The zero-order chi connectivity index (χ0) is 14.3. The molecule has 1 aliphatic carbocycles. The summed E-state index contributed by atoms with van der Waals surface area (Å²) >= 11 is 0. The van der Waals surface area contributed by atoms with Crippen LogP contribution < -0.4 is 10.6 Å². The van der Waals surface area contributed by atoms with E-state index in [0.29, 0.717) is 17.0 Å². The summed E-state index contributed by atoms with van der Waals surface area (Å²) in [5, 5.41) is 7.47. The third kappa shape index (κ3) is 2.31. The standard InChI is InChI=1S/C16H20N4O/c21-15(14-7-11-9-18-4-1-13(11)20-14)19-10-12-8-16(12)2-5-17-6-3-16/h1,4,7,9,12,17,20H,2-3,5-6,8,10H2,(H,19,21). The Kier molecular flexibility index (Phi) is 2.96. The van der Waals surface area contributed by atoms with Gasteiger partial charge in [0.05, 0.1) is 0 Å². The largest absolute Gasteiger partial charge is 0.350 e. The number of aromatic nitrogens is 2. The fraction of sp³-hybridized carbons (Fsp3) is 0.500. The maximum atomic E-state index is 12.2. The second-order valence-electron chi connectivity index (χ2n) is 6.37. The van der Waals surface area contributed by atoms with Gasteiger partial charge in [-0.05, 0) is 55.8 Å². The molecule has 21 heavy (non-hydrogen) atoms. The average molecular weight is 284 g/mol. The molecule has 0 bridgehead atoms. The zero-order valence-corrected chi connectivity index (χ0v) is 12.0. The van der Waals surface area contributed by atoms with E-state index in [4.69, 9.17) is 0 Å². The molecule has 0 aromatic carbocycles. The Morgan fingerprint density at radius 1 is 1.43 bits per heavy atom. The number of amides is 1. The van der Waals surface area contributed by atoms with Gasteiger partial charge in [-0.1, -0.05) is 0 Å². The van der Waals surface area contributed by atoms with E-state index < -0.39 is 0 Å². The molecule has 1 atom stereocenters. The number of H-pyrrole nitrogens is 1. The summed E-state index contributed by atoms with van der Waals surface area (Å²) in [5.41, 5.74) is 2.09. The minimum absolute atomic E-state index is 0.0119. The molecule has 3 N–H and O–H groups in total. The lowest BCUT2D eigenvalue weighted by Crippen LogP contribution is -2.32. The molecule has 2 fully saturated rings. The number of fused-ring (bicyclic) bond motifs is 1. The molecule has 1 aliphatic heterocycles. The van der Waals surface area contributed by atoms with Crippen molar-refractivity contribution in [2.24, 2.45) is 11.3 Å². The number of hydrogen-bond donors (Lipinski definition) is 3. The molecule has 3 heterocycles. The number of pyridine rings is 1. The van der Waals surface area contributed by atoms with Crippen molar-refractivity contribution in [2.45, 2.75) is 19.3 Å². The Bertz CT molecular complexity index is 639. The Morgan fingerprint density at radius 2 is 2.29 bits per heavy atom. The molecular weight excluding hydrogens is 264 g/mol. The fourth-order valence-corrected chi connectivity index (χ4v) is 3.66. The molecule has 1 amide bonds. The first-order valence-electron chi connectivity index (χ1n) is 7.69. The SMILES string of the molecule is O=C(NCC1CC12CCNCC2)c1cc2cnccc2[nH]1. The minimum atomic E-state index is -0.0119. The Hall–Kier alpha value is -1.88. The molecule has 5 nitrogen and oxygen atoms in total. The molecule has 5 heteroatoms. The fourth-order valence-electron chi connectivity index (χ4n) is 3.66. The van der Waals surface area contributed by atoms with Crippen LogP contribution in [0.25, 0.3) is 10.9 Å². The van der Waals surface area contributed by atoms with Crippen LogP contribution in [-0.2, 0) is 0 Å². The van der Waals surface area contributed by atoms with Crippen molar-refractivity contribution in [3.8, 4) is 0 Å². The number of carbonyl (C=O) groups excluding carboxylic acids is 1. The van der Waals surface area contributed by atoms with Crippen molar-refractivity contribution in [1.29, 1.82) is 0 Å². The Labute approximate surface area is 123 Å². The quantitative estimate of drug-likeness (QED) is 0.803. The first kappa shape index (κ1) is 12.8. The van der Waals surface area contributed by atoms with Crippen molar-refractivity contribution >= 4 is 16.8 Å². The van der Waals surface area contributed by atoms with Gasteiger partial charge in [-0.15, -0.1) is 0 Å². The summed E-state index contributed by atoms with van der Waals surface area (Å²) in [6.07, 6.45) is 7.28. The summed E-state index contributed by atoms with van der Waals surface area (Å²) < 4.78 is 0. The topological polar surface area (TPSA) is 69.8 Å². The molecule has 1 saturated carbocycles. The molecular formula is C16H20N4O. The van der Waals surface area contributed by atoms with E-state index in [9.17, 15) is 4.79 Å². The van der Waals surface area contributed by atoms with Gasteiger partial charge in [0.25, 0.3) is 5.91 Å². The van der Waals surface area contributed by atoms with Crippen LogP contribution in [0.3, 0.4) is 0 Å². The molecule has 0 radical (unpaired) electrons. The highest BCUT2D eigenvalue weighted by Gasteiger charge is 2.53. The first-order valence-corrected chi connectivity index (χ1v) is 7.69. The van der Waals surface area contributed by atoms with Gasteiger partial charge in [0, 0.05) is 29.8 Å². The molecule has 110 valence electrons. The summed E-state index contributed by atoms with van der Waals surface area (Å²) in [4.78, 5) is 19.5. The highest BCUT2D eigenvalue weighted by Crippen LogP contribution is 2.58. The highest BCUT2D eigenvalue weighted by molar-refractivity contribution is 5.97. The van der Waals surface area contributed by atoms with Crippen LogP contribution >= 0.6 is 0 Å². The minimum Gasteiger partial charge on any atom is -0.350 e. The van der Waals surface area contributed by atoms with Gasteiger partial charge in [-0.3, -0.25) is 9.78 Å². The monoisotopic (exact) mass is 284 g/mol. The third-order valence-electron chi connectivity index (χ3n) is 5.13. The summed E-state index contributed by atoms with van der Waals surface area (Å²) in [6, 6.07) is 3.75. The van der Waals surface area contributed by atoms with E-state index in [1.807, 2.05) is 12.1 Å². The Balaban J connectivity index is 1.38. The van der Waals surface area contributed by atoms with E-state index in [0.717, 1.165) is 30.5 Å². The van der Waals surface area contributed by atoms with Gasteiger partial charge in [0.1, 0.15) is 5.69 Å². The number of rotatable bonds is 3. The molecule has 1 saturated heterocycles.